The maximum atomic E-state index is 2.35. The zero-order chi connectivity index (χ0) is 62.6. The average Bonchev–Trinajstić information content (AvgIpc) is 0.698. The Labute approximate surface area is 549 Å². The van der Waals surface area contributed by atoms with Crippen molar-refractivity contribution in [2.75, 3.05) is 19.6 Å². The maximum Gasteiger partial charge on any atom is 0.0462 e. The summed E-state index contributed by atoms with van der Waals surface area (Å²) in [5.41, 5.74) is 22.1. The first-order chi connectivity index (χ1) is 46.7. The molecule has 0 aliphatic carbocycles. The topological polar surface area (TPSA) is 13.0 Å². The number of hydrogen-bond donors (Lipinski definition) is 0. The van der Waals surface area contributed by atoms with Gasteiger partial charge in [-0.2, -0.15) is 0 Å². The molecule has 16 aromatic rings. The van der Waals surface area contributed by atoms with Crippen molar-refractivity contribution >= 4 is 101 Å². The summed E-state index contributed by atoms with van der Waals surface area (Å²) in [6.07, 6.45) is 0. The van der Waals surface area contributed by atoms with Gasteiger partial charge in [0.25, 0.3) is 0 Å². The third kappa shape index (κ3) is 10.7. The molecular weight excluding hydrogens is 1140 g/mol. The van der Waals surface area contributed by atoms with Crippen molar-refractivity contribution in [3.63, 3.8) is 0 Å². The first-order valence-electron chi connectivity index (χ1n) is 32.2. The van der Waals surface area contributed by atoms with Gasteiger partial charge >= 0.3 is 0 Å². The van der Waals surface area contributed by atoms with Gasteiger partial charge in [0, 0.05) is 68.2 Å². The third-order valence-electron chi connectivity index (χ3n) is 18.0. The summed E-state index contributed by atoms with van der Waals surface area (Å²) in [5.74, 6) is 0. The van der Waals surface area contributed by atoms with Crippen LogP contribution in [-0.4, -0.2) is 0 Å². The lowest BCUT2D eigenvalue weighted by atomic mass is 9.77. The van der Waals surface area contributed by atoms with Crippen molar-refractivity contribution < 1.29 is 0 Å². The summed E-state index contributed by atoms with van der Waals surface area (Å²) in [7, 11) is 0. The number of hydrogen-bond acceptors (Lipinski definition) is 4. The van der Waals surface area contributed by atoms with Crippen LogP contribution in [0.4, 0.5) is 68.2 Å². The van der Waals surface area contributed by atoms with E-state index < -0.39 is 0 Å². The summed E-state index contributed by atoms with van der Waals surface area (Å²) in [6, 6.07) is 141. The minimum atomic E-state index is 1.06. The second-order valence-electron chi connectivity index (χ2n) is 23.6. The normalized spacial score (nSPS) is 11.2. The monoisotopic (exact) mass is 1200 g/mol. The summed E-state index contributed by atoms with van der Waals surface area (Å²) in [6.45, 7) is 0. The lowest BCUT2D eigenvalue weighted by molar-refractivity contribution is 1.28. The molecule has 0 atom stereocenters. The van der Waals surface area contributed by atoms with Gasteiger partial charge in [-0.25, -0.2) is 0 Å². The fourth-order valence-electron chi connectivity index (χ4n) is 13.8. The minimum absolute atomic E-state index is 1.06. The molecule has 0 bridgehead atoms. The highest BCUT2D eigenvalue weighted by Gasteiger charge is 2.28. The fourth-order valence-corrected chi connectivity index (χ4v) is 13.8. The number of fused-ring (bicyclic) bond motifs is 3. The van der Waals surface area contributed by atoms with Gasteiger partial charge in [0.05, 0.1) is 0 Å². The van der Waals surface area contributed by atoms with Crippen LogP contribution in [0.15, 0.2) is 388 Å². The Morgan fingerprint density at radius 1 is 0.117 bits per heavy atom. The molecule has 0 fully saturated rings. The molecule has 0 aromatic heterocycles. The first kappa shape index (κ1) is 56.7. The van der Waals surface area contributed by atoms with Crippen LogP contribution in [0, 0.1) is 0 Å². The smallest absolute Gasteiger partial charge is 0.0462 e. The zero-order valence-corrected chi connectivity index (χ0v) is 51.7. The molecular formula is C90H64N4. The van der Waals surface area contributed by atoms with Crippen molar-refractivity contribution in [1.82, 2.24) is 0 Å². The summed E-state index contributed by atoms with van der Waals surface area (Å²) >= 11 is 0. The van der Waals surface area contributed by atoms with Gasteiger partial charge in [0.15, 0.2) is 0 Å². The largest absolute Gasteiger partial charge is 0.311 e. The van der Waals surface area contributed by atoms with Gasteiger partial charge in [-0.05, 0) is 222 Å². The molecule has 4 heteroatoms. The van der Waals surface area contributed by atoms with Crippen LogP contribution in [0.1, 0.15) is 0 Å². The second kappa shape index (κ2) is 25.4. The highest BCUT2D eigenvalue weighted by atomic mass is 15.2. The number of anilines is 12. The molecule has 0 saturated heterocycles. The van der Waals surface area contributed by atoms with Crippen LogP contribution >= 0.6 is 0 Å². The molecule has 16 rings (SSSR count). The Kier molecular flexibility index (Phi) is 15.3. The lowest BCUT2D eigenvalue weighted by Gasteiger charge is -2.28. The standard InChI is InChI=1S/C90H64N4/c1-9-29-69(30-10-1)91(70-31-11-2-12-32-70)77-57-49-65(50-58-77)85-81-45-25-26-46-82(81)87(67-53-61-79(62-54-67)93(73-37-17-5-18-38-73)74-39-19-6-20-40-74)90-88(68-55-63-80(64-56-68)94(75-41-21-7-22-42-75)76-43-23-8-24-44-76)84-48-28-27-47-83(84)86(89(85)90)66-51-59-78(60-52-66)92(71-33-13-3-14-34-71)72-35-15-4-16-36-72/h1-64H. The predicted molar refractivity (Wildman–Crippen MR) is 399 cm³/mol. The van der Waals surface area contributed by atoms with Gasteiger partial charge in [0.1, 0.15) is 0 Å². The van der Waals surface area contributed by atoms with Crippen LogP contribution in [0.3, 0.4) is 0 Å². The van der Waals surface area contributed by atoms with E-state index in [4.69, 9.17) is 0 Å². The molecule has 0 saturated carbocycles. The van der Waals surface area contributed by atoms with E-state index >= 15 is 0 Å². The van der Waals surface area contributed by atoms with E-state index in [1.165, 1.54) is 33.0 Å². The molecule has 0 radical (unpaired) electrons. The van der Waals surface area contributed by atoms with Crippen molar-refractivity contribution in [3.05, 3.63) is 388 Å². The molecule has 4 nitrogen and oxygen atoms in total. The molecule has 0 aliphatic heterocycles. The van der Waals surface area contributed by atoms with E-state index in [1.54, 1.807) is 0 Å². The van der Waals surface area contributed by atoms with Crippen molar-refractivity contribution in [2.24, 2.45) is 0 Å². The first-order valence-corrected chi connectivity index (χ1v) is 32.2. The summed E-state index contributed by atoms with van der Waals surface area (Å²) < 4.78 is 0. The molecule has 0 heterocycles. The van der Waals surface area contributed by atoms with E-state index in [-0.39, 0.29) is 0 Å². The molecule has 444 valence electrons. The molecule has 0 amide bonds. The fraction of sp³-hybridized carbons (Fsp3) is 0. The Hall–Kier alpha value is -12.5. The van der Waals surface area contributed by atoms with Crippen LogP contribution in [0.2, 0.25) is 0 Å². The lowest BCUT2D eigenvalue weighted by Crippen LogP contribution is -2.09. The minimum Gasteiger partial charge on any atom is -0.311 e. The van der Waals surface area contributed by atoms with E-state index in [2.05, 4.69) is 408 Å². The van der Waals surface area contributed by atoms with Crippen LogP contribution in [-0.2, 0) is 0 Å². The number of rotatable bonds is 16. The number of para-hydroxylation sites is 8. The van der Waals surface area contributed by atoms with E-state index in [9.17, 15) is 0 Å². The second-order valence-corrected chi connectivity index (χ2v) is 23.6. The Bertz CT molecular complexity index is 4410. The molecule has 16 aromatic carbocycles. The van der Waals surface area contributed by atoms with E-state index in [1.807, 2.05) is 0 Å². The van der Waals surface area contributed by atoms with E-state index in [0.29, 0.717) is 0 Å². The Balaban J connectivity index is 1.00. The average molecular weight is 1200 g/mol. The van der Waals surface area contributed by atoms with Crippen LogP contribution in [0.25, 0.3) is 76.8 Å². The highest BCUT2D eigenvalue weighted by molar-refractivity contribution is 6.34. The molecule has 0 spiro atoms. The molecule has 0 unspecified atom stereocenters. The molecule has 0 N–H and O–H groups in total. The highest BCUT2D eigenvalue weighted by Crippen LogP contribution is 2.55. The number of benzene rings is 16. The van der Waals surface area contributed by atoms with E-state index in [0.717, 1.165) is 112 Å². The van der Waals surface area contributed by atoms with Gasteiger partial charge in [-0.1, -0.05) is 243 Å². The van der Waals surface area contributed by atoms with Crippen LogP contribution < -0.4 is 19.6 Å². The molecule has 94 heavy (non-hydrogen) atoms. The third-order valence-corrected chi connectivity index (χ3v) is 18.0. The van der Waals surface area contributed by atoms with Gasteiger partial charge < -0.3 is 19.6 Å². The van der Waals surface area contributed by atoms with Crippen molar-refractivity contribution in [1.29, 1.82) is 0 Å². The quantitative estimate of drug-likeness (QED) is 0.0894. The van der Waals surface area contributed by atoms with Crippen molar-refractivity contribution in [3.8, 4) is 44.5 Å². The van der Waals surface area contributed by atoms with Crippen LogP contribution in [0.5, 0.6) is 0 Å². The Morgan fingerprint density at radius 2 is 0.245 bits per heavy atom. The SMILES string of the molecule is c1ccc(N(c2ccccc2)c2ccc(-c3c4ccccc4c(-c4ccc(N(c5ccccc5)c5ccccc5)cc4)c4c(-c5ccc(N(c6ccccc6)c6ccccc6)cc5)c5ccccc5c(-c5ccc(N(c6ccccc6)c6ccccc6)cc5)c34)cc2)cc1. The molecule has 0 aliphatic rings. The van der Waals surface area contributed by atoms with Crippen molar-refractivity contribution in [2.45, 2.75) is 0 Å². The predicted octanol–water partition coefficient (Wildman–Crippen LogP) is 25.7. The number of nitrogens with zero attached hydrogens (tertiary/aromatic N) is 4. The van der Waals surface area contributed by atoms with Gasteiger partial charge in [-0.3, -0.25) is 0 Å². The summed E-state index contributed by atoms with van der Waals surface area (Å²) in [5, 5.41) is 7.00. The zero-order valence-electron chi connectivity index (χ0n) is 51.7. The van der Waals surface area contributed by atoms with Gasteiger partial charge in [0.2, 0.25) is 0 Å². The summed E-state index contributed by atoms with van der Waals surface area (Å²) in [4.78, 5) is 9.38. The van der Waals surface area contributed by atoms with Gasteiger partial charge in [-0.15, -0.1) is 0 Å². The maximum absolute atomic E-state index is 2.35. The Morgan fingerprint density at radius 3 is 0.394 bits per heavy atom.